The Morgan fingerprint density at radius 3 is 2.18 bits per heavy atom. The van der Waals surface area contributed by atoms with Crippen molar-refractivity contribution in [2.75, 3.05) is 0 Å². The molecule has 1 heterocycles. The number of nitrogens with zero attached hydrogens (tertiary/aromatic N) is 1. The zero-order chi connectivity index (χ0) is 16.6. The van der Waals surface area contributed by atoms with Crippen molar-refractivity contribution in [2.45, 2.75) is 84.5 Å². The Morgan fingerprint density at radius 1 is 1.00 bits per heavy atom. The molecule has 1 aromatic rings. The standard InChI is InChI=1S/C19H35NO2/c1-16(2)9-7-10-17(3)11-8-12-19(4,22)18(21)15-20-13-5-6-14-20/h5-6,13-14,16-18,21-22H,7-12,15H2,1-4H3. The van der Waals surface area contributed by atoms with Gasteiger partial charge in [-0.15, -0.1) is 0 Å². The maximum absolute atomic E-state index is 10.5. The molecule has 3 heteroatoms. The molecule has 0 amide bonds. The van der Waals surface area contributed by atoms with E-state index in [0.717, 1.165) is 18.8 Å². The van der Waals surface area contributed by atoms with E-state index in [1.165, 1.54) is 19.3 Å². The van der Waals surface area contributed by atoms with Crippen molar-refractivity contribution >= 4 is 0 Å². The summed E-state index contributed by atoms with van der Waals surface area (Å²) in [6.07, 6.45) is 9.73. The summed E-state index contributed by atoms with van der Waals surface area (Å²) in [7, 11) is 0. The van der Waals surface area contributed by atoms with Crippen LogP contribution in [-0.2, 0) is 6.54 Å². The Morgan fingerprint density at radius 2 is 1.59 bits per heavy atom. The summed E-state index contributed by atoms with van der Waals surface area (Å²) in [5.74, 6) is 1.49. The van der Waals surface area contributed by atoms with Crippen molar-refractivity contribution in [3.63, 3.8) is 0 Å². The number of aliphatic hydroxyl groups is 2. The van der Waals surface area contributed by atoms with E-state index in [0.29, 0.717) is 18.9 Å². The molecule has 0 aliphatic carbocycles. The van der Waals surface area contributed by atoms with Gasteiger partial charge in [-0.3, -0.25) is 0 Å². The molecule has 0 aliphatic rings. The highest BCUT2D eigenvalue weighted by Gasteiger charge is 2.29. The van der Waals surface area contributed by atoms with E-state index in [1.807, 2.05) is 29.1 Å². The molecule has 22 heavy (non-hydrogen) atoms. The molecule has 0 aromatic carbocycles. The summed E-state index contributed by atoms with van der Waals surface area (Å²) in [5, 5.41) is 20.7. The summed E-state index contributed by atoms with van der Waals surface area (Å²) in [6.45, 7) is 9.04. The highest BCUT2D eigenvalue weighted by Crippen LogP contribution is 2.23. The third-order valence-corrected chi connectivity index (χ3v) is 4.63. The summed E-state index contributed by atoms with van der Waals surface area (Å²) < 4.78 is 1.91. The monoisotopic (exact) mass is 309 g/mol. The third-order valence-electron chi connectivity index (χ3n) is 4.63. The maximum atomic E-state index is 10.5. The van der Waals surface area contributed by atoms with Crippen molar-refractivity contribution < 1.29 is 10.2 Å². The number of hydrogen-bond acceptors (Lipinski definition) is 2. The predicted octanol–water partition coefficient (Wildman–Crippen LogP) is 4.23. The van der Waals surface area contributed by atoms with E-state index in [1.54, 1.807) is 6.92 Å². The van der Waals surface area contributed by atoms with Crippen LogP contribution in [0.2, 0.25) is 0 Å². The molecular formula is C19H35NO2. The van der Waals surface area contributed by atoms with Crippen LogP contribution in [0.25, 0.3) is 0 Å². The van der Waals surface area contributed by atoms with Crippen LogP contribution >= 0.6 is 0 Å². The van der Waals surface area contributed by atoms with E-state index in [4.69, 9.17) is 0 Å². The highest BCUT2D eigenvalue weighted by atomic mass is 16.3. The maximum Gasteiger partial charge on any atom is 0.100 e. The summed E-state index contributed by atoms with van der Waals surface area (Å²) >= 11 is 0. The number of hydrogen-bond donors (Lipinski definition) is 2. The first-order chi connectivity index (χ1) is 10.3. The fourth-order valence-electron chi connectivity index (χ4n) is 2.88. The Labute approximate surface area is 136 Å². The first-order valence-electron chi connectivity index (χ1n) is 8.82. The Bertz CT molecular complexity index is 384. The molecule has 0 aliphatic heterocycles. The number of aromatic nitrogens is 1. The molecule has 3 atom stereocenters. The SMILES string of the molecule is CC(C)CCCC(C)CCCC(C)(O)C(O)Cn1cccc1. The zero-order valence-corrected chi connectivity index (χ0v) is 14.8. The second-order valence-corrected chi connectivity index (χ2v) is 7.57. The van der Waals surface area contributed by atoms with Gasteiger partial charge in [-0.25, -0.2) is 0 Å². The van der Waals surface area contributed by atoms with Crippen LogP contribution in [-0.4, -0.2) is 26.5 Å². The molecule has 0 bridgehead atoms. The number of rotatable bonds is 11. The molecule has 128 valence electrons. The first-order valence-corrected chi connectivity index (χ1v) is 8.82. The van der Waals surface area contributed by atoms with Gasteiger partial charge in [-0.05, 0) is 37.3 Å². The van der Waals surface area contributed by atoms with E-state index in [2.05, 4.69) is 20.8 Å². The zero-order valence-electron chi connectivity index (χ0n) is 14.8. The van der Waals surface area contributed by atoms with Crippen LogP contribution in [0.1, 0.15) is 66.2 Å². The summed E-state index contributed by atoms with van der Waals surface area (Å²) in [5.41, 5.74) is -1.01. The van der Waals surface area contributed by atoms with Crippen LogP contribution in [0, 0.1) is 11.8 Å². The number of aliphatic hydroxyl groups excluding tert-OH is 1. The fourth-order valence-corrected chi connectivity index (χ4v) is 2.88. The highest BCUT2D eigenvalue weighted by molar-refractivity contribution is 4.92. The topological polar surface area (TPSA) is 45.4 Å². The van der Waals surface area contributed by atoms with E-state index < -0.39 is 11.7 Å². The molecule has 1 aromatic heterocycles. The molecule has 3 nitrogen and oxygen atoms in total. The fraction of sp³-hybridized carbons (Fsp3) is 0.789. The van der Waals surface area contributed by atoms with Crippen molar-refractivity contribution in [2.24, 2.45) is 11.8 Å². The largest absolute Gasteiger partial charge is 0.388 e. The molecule has 1 rings (SSSR count). The van der Waals surface area contributed by atoms with Gasteiger partial charge in [0.2, 0.25) is 0 Å². The van der Waals surface area contributed by atoms with Gasteiger partial charge in [-0.1, -0.05) is 52.9 Å². The van der Waals surface area contributed by atoms with E-state index in [9.17, 15) is 10.2 Å². The van der Waals surface area contributed by atoms with Gasteiger partial charge in [0.1, 0.15) is 6.10 Å². The Kier molecular flexibility index (Phi) is 8.19. The van der Waals surface area contributed by atoms with Gasteiger partial charge in [0.25, 0.3) is 0 Å². The second kappa shape index (κ2) is 9.36. The van der Waals surface area contributed by atoms with Crippen LogP contribution in [0.4, 0.5) is 0 Å². The molecule has 0 radical (unpaired) electrons. The van der Waals surface area contributed by atoms with E-state index in [-0.39, 0.29) is 0 Å². The van der Waals surface area contributed by atoms with Gasteiger partial charge in [0.15, 0.2) is 0 Å². The molecule has 3 unspecified atom stereocenters. The lowest BCUT2D eigenvalue weighted by Crippen LogP contribution is -2.41. The molecular weight excluding hydrogens is 274 g/mol. The van der Waals surface area contributed by atoms with Crippen LogP contribution in [0.15, 0.2) is 24.5 Å². The second-order valence-electron chi connectivity index (χ2n) is 7.57. The summed E-state index contributed by atoms with van der Waals surface area (Å²) in [4.78, 5) is 0. The van der Waals surface area contributed by atoms with Gasteiger partial charge in [-0.2, -0.15) is 0 Å². The van der Waals surface area contributed by atoms with Crippen LogP contribution < -0.4 is 0 Å². The third kappa shape index (κ3) is 7.46. The van der Waals surface area contributed by atoms with Crippen LogP contribution in [0.5, 0.6) is 0 Å². The molecule has 0 saturated heterocycles. The van der Waals surface area contributed by atoms with Crippen molar-refractivity contribution in [3.8, 4) is 0 Å². The average molecular weight is 309 g/mol. The lowest BCUT2D eigenvalue weighted by Gasteiger charge is -2.30. The molecule has 0 fully saturated rings. The van der Waals surface area contributed by atoms with Crippen molar-refractivity contribution in [1.29, 1.82) is 0 Å². The van der Waals surface area contributed by atoms with Crippen molar-refractivity contribution in [1.82, 2.24) is 4.57 Å². The average Bonchev–Trinajstić information content (AvgIpc) is 2.90. The van der Waals surface area contributed by atoms with Gasteiger partial charge >= 0.3 is 0 Å². The minimum absolute atomic E-state index is 0.448. The summed E-state index contributed by atoms with van der Waals surface area (Å²) in [6, 6.07) is 3.86. The lowest BCUT2D eigenvalue weighted by molar-refractivity contribution is -0.0752. The minimum atomic E-state index is -1.01. The van der Waals surface area contributed by atoms with Crippen LogP contribution in [0.3, 0.4) is 0 Å². The van der Waals surface area contributed by atoms with Gasteiger partial charge in [0.05, 0.1) is 12.1 Å². The Balaban J connectivity index is 2.23. The normalized spacial score (nSPS) is 17.4. The minimum Gasteiger partial charge on any atom is -0.388 e. The lowest BCUT2D eigenvalue weighted by atomic mass is 9.89. The van der Waals surface area contributed by atoms with Gasteiger partial charge in [0, 0.05) is 12.4 Å². The van der Waals surface area contributed by atoms with E-state index >= 15 is 0 Å². The molecule has 2 N–H and O–H groups in total. The first kappa shape index (κ1) is 19.2. The Hall–Kier alpha value is -0.800. The molecule has 0 saturated carbocycles. The quantitative estimate of drug-likeness (QED) is 0.642. The predicted molar refractivity (Wildman–Crippen MR) is 92.8 cm³/mol. The smallest absolute Gasteiger partial charge is 0.100 e. The van der Waals surface area contributed by atoms with Gasteiger partial charge < -0.3 is 14.8 Å². The molecule has 0 spiro atoms. The van der Waals surface area contributed by atoms with Crippen molar-refractivity contribution in [3.05, 3.63) is 24.5 Å².